The highest BCUT2D eigenvalue weighted by atomic mass is 16.4. The molecular weight excluding hydrogens is 260 g/mol. The third-order valence-electron chi connectivity index (χ3n) is 4.33. The molecule has 0 aromatic rings. The van der Waals surface area contributed by atoms with Crippen LogP contribution in [0.3, 0.4) is 0 Å². The quantitative estimate of drug-likeness (QED) is 0.800. The van der Waals surface area contributed by atoms with E-state index in [1.807, 2.05) is 6.92 Å². The van der Waals surface area contributed by atoms with E-state index >= 15 is 0 Å². The van der Waals surface area contributed by atoms with E-state index in [1.165, 1.54) is 0 Å². The first-order chi connectivity index (χ1) is 9.32. The normalized spacial score (nSPS) is 19.5. The minimum absolute atomic E-state index is 0.0826. The average molecular weight is 286 g/mol. The largest absolute Gasteiger partial charge is 0.481 e. The minimum atomic E-state index is -0.755. The van der Waals surface area contributed by atoms with Crippen molar-refractivity contribution < 1.29 is 19.8 Å². The van der Waals surface area contributed by atoms with Crippen molar-refractivity contribution >= 4 is 12.0 Å². The van der Waals surface area contributed by atoms with E-state index in [1.54, 1.807) is 23.8 Å². The van der Waals surface area contributed by atoms with Crippen molar-refractivity contribution in [2.24, 2.45) is 5.41 Å². The molecule has 0 spiro atoms. The molecule has 1 fully saturated rings. The second kappa shape index (κ2) is 6.92. The van der Waals surface area contributed by atoms with Crippen LogP contribution in [0, 0.1) is 5.41 Å². The summed E-state index contributed by atoms with van der Waals surface area (Å²) in [6, 6.07) is -0.0826. The molecule has 116 valence electrons. The number of hydrogen-bond donors (Lipinski definition) is 2. The molecule has 6 nitrogen and oxygen atoms in total. The van der Waals surface area contributed by atoms with Gasteiger partial charge in [0.2, 0.25) is 0 Å². The molecule has 20 heavy (non-hydrogen) atoms. The zero-order valence-electron chi connectivity index (χ0n) is 12.6. The Kier molecular flexibility index (Phi) is 5.80. The first-order valence-corrected chi connectivity index (χ1v) is 7.24. The third kappa shape index (κ3) is 3.85. The first-order valence-electron chi connectivity index (χ1n) is 7.24. The Labute approximate surface area is 120 Å². The summed E-state index contributed by atoms with van der Waals surface area (Å²) >= 11 is 0. The summed E-state index contributed by atoms with van der Waals surface area (Å²) < 4.78 is 0. The monoisotopic (exact) mass is 286 g/mol. The van der Waals surface area contributed by atoms with Crippen molar-refractivity contribution in [1.29, 1.82) is 0 Å². The van der Waals surface area contributed by atoms with Crippen LogP contribution in [0.15, 0.2) is 0 Å². The number of carboxylic acid groups (broad SMARTS) is 1. The zero-order valence-corrected chi connectivity index (χ0v) is 12.6. The van der Waals surface area contributed by atoms with Crippen LogP contribution in [0.2, 0.25) is 0 Å². The van der Waals surface area contributed by atoms with Gasteiger partial charge >= 0.3 is 12.0 Å². The SMILES string of the molecule is CCC1(C(=O)O)CCN(C(=O)N(C)CCC(C)O)CC1. The molecule has 1 saturated heterocycles. The van der Waals surface area contributed by atoms with Gasteiger partial charge in [0.15, 0.2) is 0 Å². The number of rotatable bonds is 5. The maximum absolute atomic E-state index is 12.2. The summed E-state index contributed by atoms with van der Waals surface area (Å²) in [6.07, 6.45) is 1.74. The van der Waals surface area contributed by atoms with Gasteiger partial charge in [-0.2, -0.15) is 0 Å². The van der Waals surface area contributed by atoms with Gasteiger partial charge in [-0.15, -0.1) is 0 Å². The highest BCUT2D eigenvalue weighted by molar-refractivity contribution is 5.77. The van der Waals surface area contributed by atoms with Gasteiger partial charge in [-0.25, -0.2) is 4.79 Å². The van der Waals surface area contributed by atoms with E-state index in [0.717, 1.165) is 0 Å². The molecule has 1 aliphatic rings. The first kappa shape index (κ1) is 16.8. The predicted octanol–water partition coefficient (Wildman–Crippen LogP) is 1.39. The molecule has 1 unspecified atom stereocenters. The van der Waals surface area contributed by atoms with E-state index in [0.29, 0.717) is 45.3 Å². The number of carbonyl (C=O) groups is 2. The molecule has 0 saturated carbocycles. The van der Waals surface area contributed by atoms with E-state index in [4.69, 9.17) is 0 Å². The molecule has 6 heteroatoms. The summed E-state index contributed by atoms with van der Waals surface area (Å²) in [5.41, 5.74) is -0.672. The van der Waals surface area contributed by atoms with Gasteiger partial charge in [0, 0.05) is 26.7 Å². The number of nitrogens with zero attached hydrogens (tertiary/aromatic N) is 2. The van der Waals surface area contributed by atoms with Gasteiger partial charge in [0.1, 0.15) is 0 Å². The average Bonchev–Trinajstić information content (AvgIpc) is 2.43. The summed E-state index contributed by atoms with van der Waals surface area (Å²) in [7, 11) is 1.71. The number of likely N-dealkylation sites (tertiary alicyclic amines) is 1. The molecule has 0 aromatic heterocycles. The summed E-state index contributed by atoms with van der Waals surface area (Å²) in [5, 5.41) is 18.6. The van der Waals surface area contributed by atoms with E-state index in [9.17, 15) is 19.8 Å². The lowest BCUT2D eigenvalue weighted by molar-refractivity contribution is -0.152. The van der Waals surface area contributed by atoms with Crippen molar-refractivity contribution in [3.63, 3.8) is 0 Å². The zero-order chi connectivity index (χ0) is 15.3. The van der Waals surface area contributed by atoms with Crippen LogP contribution in [-0.4, -0.2) is 64.8 Å². The standard InChI is InChI=1S/C14H26N2O4/c1-4-14(12(18)19)6-9-16(10-7-14)13(20)15(3)8-5-11(2)17/h11,17H,4-10H2,1-3H3,(H,18,19). The topological polar surface area (TPSA) is 81.1 Å². The molecule has 0 bridgehead atoms. The fraction of sp³-hybridized carbons (Fsp3) is 0.857. The Morgan fingerprint density at radius 2 is 1.90 bits per heavy atom. The lowest BCUT2D eigenvalue weighted by Crippen LogP contribution is -2.50. The number of carboxylic acids is 1. The third-order valence-corrected chi connectivity index (χ3v) is 4.33. The van der Waals surface area contributed by atoms with Crippen LogP contribution < -0.4 is 0 Å². The Hall–Kier alpha value is -1.30. The molecule has 1 aliphatic heterocycles. The van der Waals surface area contributed by atoms with Gasteiger partial charge in [0.05, 0.1) is 11.5 Å². The molecule has 1 atom stereocenters. The van der Waals surface area contributed by atoms with Crippen molar-refractivity contribution in [3.05, 3.63) is 0 Å². The van der Waals surface area contributed by atoms with Gasteiger partial charge in [0.25, 0.3) is 0 Å². The van der Waals surface area contributed by atoms with Gasteiger partial charge in [-0.1, -0.05) is 6.92 Å². The maximum atomic E-state index is 12.2. The lowest BCUT2D eigenvalue weighted by atomic mass is 9.76. The number of aliphatic carboxylic acids is 1. The number of aliphatic hydroxyl groups is 1. The molecule has 1 rings (SSSR count). The minimum Gasteiger partial charge on any atom is -0.481 e. The molecule has 2 amide bonds. The van der Waals surface area contributed by atoms with E-state index in [-0.39, 0.29) is 6.03 Å². The smallest absolute Gasteiger partial charge is 0.319 e. The molecule has 0 radical (unpaired) electrons. The van der Waals surface area contributed by atoms with Crippen LogP contribution in [0.1, 0.15) is 39.5 Å². The second-order valence-corrected chi connectivity index (χ2v) is 5.77. The van der Waals surface area contributed by atoms with Crippen LogP contribution in [0.5, 0.6) is 0 Å². The van der Waals surface area contributed by atoms with Gasteiger partial charge in [-0.05, 0) is 32.6 Å². The van der Waals surface area contributed by atoms with Gasteiger partial charge in [-0.3, -0.25) is 4.79 Å². The Morgan fingerprint density at radius 1 is 1.35 bits per heavy atom. The Morgan fingerprint density at radius 3 is 2.30 bits per heavy atom. The number of hydrogen-bond acceptors (Lipinski definition) is 3. The number of aliphatic hydroxyl groups excluding tert-OH is 1. The van der Waals surface area contributed by atoms with Crippen LogP contribution in [0.4, 0.5) is 4.79 Å². The number of urea groups is 1. The molecule has 1 heterocycles. The Bertz CT molecular complexity index is 349. The van der Waals surface area contributed by atoms with Crippen molar-refractivity contribution in [2.75, 3.05) is 26.7 Å². The summed E-state index contributed by atoms with van der Waals surface area (Å²) in [6.45, 7) is 5.06. The summed E-state index contributed by atoms with van der Waals surface area (Å²) in [4.78, 5) is 26.9. The second-order valence-electron chi connectivity index (χ2n) is 5.77. The molecule has 2 N–H and O–H groups in total. The Balaban J connectivity index is 2.52. The predicted molar refractivity (Wildman–Crippen MR) is 75.5 cm³/mol. The van der Waals surface area contributed by atoms with E-state index in [2.05, 4.69) is 0 Å². The number of piperidine rings is 1. The number of amides is 2. The number of carbonyl (C=O) groups excluding carboxylic acids is 1. The highest BCUT2D eigenvalue weighted by Gasteiger charge is 2.41. The van der Waals surface area contributed by atoms with Crippen molar-refractivity contribution in [2.45, 2.75) is 45.6 Å². The maximum Gasteiger partial charge on any atom is 0.319 e. The van der Waals surface area contributed by atoms with Crippen LogP contribution in [-0.2, 0) is 4.79 Å². The van der Waals surface area contributed by atoms with Crippen molar-refractivity contribution in [3.8, 4) is 0 Å². The van der Waals surface area contributed by atoms with Crippen LogP contribution >= 0.6 is 0 Å². The van der Waals surface area contributed by atoms with Gasteiger partial charge < -0.3 is 20.0 Å². The molecule has 0 aromatic carbocycles. The molecular formula is C14H26N2O4. The van der Waals surface area contributed by atoms with Crippen LogP contribution in [0.25, 0.3) is 0 Å². The fourth-order valence-electron chi connectivity index (χ4n) is 2.56. The fourth-order valence-corrected chi connectivity index (χ4v) is 2.56. The lowest BCUT2D eigenvalue weighted by Gasteiger charge is -2.39. The van der Waals surface area contributed by atoms with Crippen molar-refractivity contribution in [1.82, 2.24) is 9.80 Å². The summed E-state index contributed by atoms with van der Waals surface area (Å²) in [5.74, 6) is -0.755. The highest BCUT2D eigenvalue weighted by Crippen LogP contribution is 2.35. The van der Waals surface area contributed by atoms with E-state index < -0.39 is 17.5 Å². The molecule has 0 aliphatic carbocycles.